The summed E-state index contributed by atoms with van der Waals surface area (Å²) in [5, 5.41) is 3.93. The number of carbonyl (C=O) groups excluding carboxylic acids is 1. The van der Waals surface area contributed by atoms with E-state index in [0.29, 0.717) is 12.4 Å². The van der Waals surface area contributed by atoms with Crippen LogP contribution in [0.5, 0.6) is 11.5 Å². The van der Waals surface area contributed by atoms with Crippen LogP contribution in [-0.4, -0.2) is 25.3 Å². The highest BCUT2D eigenvalue weighted by Gasteiger charge is 2.02. The van der Waals surface area contributed by atoms with Crippen LogP contribution in [0.2, 0.25) is 0 Å². The van der Waals surface area contributed by atoms with Crippen LogP contribution in [0.4, 0.5) is 0 Å². The van der Waals surface area contributed by atoms with E-state index < -0.39 is 0 Å². The number of nitrogens with zero attached hydrogens (tertiary/aromatic N) is 1. The minimum Gasteiger partial charge on any atom is -0.494 e. The number of carbonyl (C=O) groups is 1. The summed E-state index contributed by atoms with van der Waals surface area (Å²) in [6.45, 7) is 4.76. The predicted octanol–water partition coefficient (Wildman–Crippen LogP) is 3.57. The first-order chi connectivity index (χ1) is 12.2. The normalized spacial score (nSPS) is 10.6. The van der Waals surface area contributed by atoms with Gasteiger partial charge < -0.3 is 9.47 Å². The Kier molecular flexibility index (Phi) is 7.50. The molecule has 0 saturated heterocycles. The topological polar surface area (TPSA) is 59.9 Å². The molecule has 0 heterocycles. The lowest BCUT2D eigenvalue weighted by Crippen LogP contribution is -2.24. The minimum atomic E-state index is -0.305. The zero-order valence-corrected chi connectivity index (χ0v) is 14.7. The fourth-order valence-electron chi connectivity index (χ4n) is 2.09. The number of hydrogen-bond acceptors (Lipinski definition) is 4. The zero-order chi connectivity index (χ0) is 17.9. The van der Waals surface area contributed by atoms with Gasteiger partial charge in [-0.2, -0.15) is 5.10 Å². The summed E-state index contributed by atoms with van der Waals surface area (Å²) in [4.78, 5) is 11.8. The number of aryl methyl sites for hydroxylation is 1. The lowest BCUT2D eigenvalue weighted by atomic mass is 10.2. The Labute approximate surface area is 148 Å². The number of benzene rings is 2. The molecule has 1 N–H and O–H groups in total. The highest BCUT2D eigenvalue weighted by atomic mass is 16.5. The molecule has 132 valence electrons. The number of hydrogen-bond donors (Lipinski definition) is 1. The average molecular weight is 340 g/mol. The third kappa shape index (κ3) is 6.67. The molecule has 0 saturated carbocycles. The summed E-state index contributed by atoms with van der Waals surface area (Å²) in [6.07, 6.45) is 3.48. The van der Waals surface area contributed by atoms with Crippen molar-refractivity contribution in [2.24, 2.45) is 5.10 Å². The van der Waals surface area contributed by atoms with Gasteiger partial charge in [0.15, 0.2) is 6.61 Å². The van der Waals surface area contributed by atoms with E-state index in [1.165, 1.54) is 5.56 Å². The fraction of sp³-hybridized carbons (Fsp3) is 0.300. The highest BCUT2D eigenvalue weighted by molar-refractivity contribution is 5.83. The van der Waals surface area contributed by atoms with Crippen molar-refractivity contribution in [1.82, 2.24) is 5.43 Å². The van der Waals surface area contributed by atoms with E-state index in [0.717, 1.165) is 24.2 Å². The molecule has 0 radical (unpaired) electrons. The van der Waals surface area contributed by atoms with Gasteiger partial charge in [-0.25, -0.2) is 5.43 Å². The quantitative estimate of drug-likeness (QED) is 0.561. The molecule has 0 aliphatic rings. The van der Waals surface area contributed by atoms with Crippen LogP contribution < -0.4 is 14.9 Å². The van der Waals surface area contributed by atoms with Crippen LogP contribution in [0.1, 0.15) is 31.4 Å². The Balaban J connectivity index is 1.76. The van der Waals surface area contributed by atoms with Crippen LogP contribution in [0.15, 0.2) is 53.6 Å². The van der Waals surface area contributed by atoms with E-state index in [1.807, 2.05) is 48.5 Å². The van der Waals surface area contributed by atoms with E-state index in [4.69, 9.17) is 9.47 Å². The number of hydrazone groups is 1. The molecule has 2 aromatic rings. The summed E-state index contributed by atoms with van der Waals surface area (Å²) in [7, 11) is 0. The summed E-state index contributed by atoms with van der Waals surface area (Å²) in [5.74, 6) is 1.20. The Hall–Kier alpha value is -2.82. The third-order valence-electron chi connectivity index (χ3n) is 3.43. The minimum absolute atomic E-state index is 0.0751. The maximum absolute atomic E-state index is 11.8. The molecule has 5 nitrogen and oxygen atoms in total. The van der Waals surface area contributed by atoms with Crippen molar-refractivity contribution in [2.45, 2.75) is 26.7 Å². The summed E-state index contributed by atoms with van der Waals surface area (Å²) >= 11 is 0. The van der Waals surface area contributed by atoms with Gasteiger partial charge in [0.2, 0.25) is 0 Å². The Morgan fingerprint density at radius 3 is 2.60 bits per heavy atom. The van der Waals surface area contributed by atoms with Crippen molar-refractivity contribution >= 4 is 12.1 Å². The van der Waals surface area contributed by atoms with Crippen molar-refractivity contribution in [2.75, 3.05) is 13.2 Å². The second-order valence-electron chi connectivity index (χ2n) is 5.50. The average Bonchev–Trinajstić information content (AvgIpc) is 2.66. The molecule has 0 aromatic heterocycles. The second-order valence-corrected chi connectivity index (χ2v) is 5.50. The monoisotopic (exact) mass is 340 g/mol. The smallest absolute Gasteiger partial charge is 0.277 e. The van der Waals surface area contributed by atoms with Gasteiger partial charge in [0.05, 0.1) is 12.8 Å². The van der Waals surface area contributed by atoms with Gasteiger partial charge in [0, 0.05) is 0 Å². The molecule has 2 aromatic carbocycles. The van der Waals surface area contributed by atoms with Crippen molar-refractivity contribution in [1.29, 1.82) is 0 Å². The first-order valence-corrected chi connectivity index (χ1v) is 8.47. The lowest BCUT2D eigenvalue weighted by molar-refractivity contribution is -0.123. The van der Waals surface area contributed by atoms with Crippen LogP contribution in [0, 0.1) is 0 Å². The van der Waals surface area contributed by atoms with Crippen LogP contribution in [0.3, 0.4) is 0 Å². The molecule has 25 heavy (non-hydrogen) atoms. The first kappa shape index (κ1) is 18.5. The SMILES string of the molecule is CCCOc1ccc(/C=N/NC(=O)COc2cccc(CC)c2)cc1. The lowest BCUT2D eigenvalue weighted by Gasteiger charge is -2.06. The number of rotatable bonds is 9. The van der Waals surface area contributed by atoms with Crippen molar-refractivity contribution in [3.8, 4) is 11.5 Å². The molecule has 0 unspecified atom stereocenters. The molecule has 0 aliphatic heterocycles. The molecule has 0 atom stereocenters. The molecule has 0 spiro atoms. The van der Waals surface area contributed by atoms with Gasteiger partial charge in [0.25, 0.3) is 5.91 Å². The van der Waals surface area contributed by atoms with Crippen LogP contribution in [0.25, 0.3) is 0 Å². The molecule has 5 heteroatoms. The largest absolute Gasteiger partial charge is 0.494 e. The van der Waals surface area contributed by atoms with Gasteiger partial charge in [-0.15, -0.1) is 0 Å². The maximum atomic E-state index is 11.8. The van der Waals surface area contributed by atoms with Gasteiger partial charge >= 0.3 is 0 Å². The van der Waals surface area contributed by atoms with Crippen LogP contribution >= 0.6 is 0 Å². The summed E-state index contributed by atoms with van der Waals surface area (Å²) in [6, 6.07) is 15.2. The fourth-order valence-corrected chi connectivity index (χ4v) is 2.09. The Bertz CT molecular complexity index is 696. The van der Waals surface area contributed by atoms with E-state index in [2.05, 4.69) is 24.4 Å². The van der Waals surface area contributed by atoms with E-state index in [9.17, 15) is 4.79 Å². The van der Waals surface area contributed by atoms with Gasteiger partial charge in [-0.1, -0.05) is 26.0 Å². The standard InChI is InChI=1S/C20H24N2O3/c1-3-12-24-18-10-8-17(9-11-18)14-21-22-20(23)15-25-19-7-5-6-16(4-2)13-19/h5-11,13-14H,3-4,12,15H2,1-2H3,(H,22,23)/b21-14+. The molecule has 0 fully saturated rings. The summed E-state index contributed by atoms with van der Waals surface area (Å²) < 4.78 is 11.0. The van der Waals surface area contributed by atoms with Crippen LogP contribution in [-0.2, 0) is 11.2 Å². The molecule has 0 aliphatic carbocycles. The number of nitrogens with one attached hydrogen (secondary N) is 1. The van der Waals surface area contributed by atoms with Crippen molar-refractivity contribution in [3.63, 3.8) is 0 Å². The number of amides is 1. The Morgan fingerprint density at radius 2 is 1.88 bits per heavy atom. The van der Waals surface area contributed by atoms with E-state index in [1.54, 1.807) is 6.21 Å². The third-order valence-corrected chi connectivity index (χ3v) is 3.43. The molecular weight excluding hydrogens is 316 g/mol. The second kappa shape index (κ2) is 10.1. The van der Waals surface area contributed by atoms with Crippen molar-refractivity contribution in [3.05, 3.63) is 59.7 Å². The van der Waals surface area contributed by atoms with Gasteiger partial charge in [-0.3, -0.25) is 4.79 Å². The number of ether oxygens (including phenoxy) is 2. The molecule has 0 bridgehead atoms. The predicted molar refractivity (Wildman–Crippen MR) is 99.3 cm³/mol. The Morgan fingerprint density at radius 1 is 1.08 bits per heavy atom. The first-order valence-electron chi connectivity index (χ1n) is 8.47. The van der Waals surface area contributed by atoms with Gasteiger partial charge in [0.1, 0.15) is 11.5 Å². The maximum Gasteiger partial charge on any atom is 0.277 e. The van der Waals surface area contributed by atoms with E-state index >= 15 is 0 Å². The zero-order valence-electron chi connectivity index (χ0n) is 14.7. The molecular formula is C20H24N2O3. The summed E-state index contributed by atoms with van der Waals surface area (Å²) in [5.41, 5.74) is 4.50. The van der Waals surface area contributed by atoms with Crippen molar-refractivity contribution < 1.29 is 14.3 Å². The van der Waals surface area contributed by atoms with E-state index in [-0.39, 0.29) is 12.5 Å². The molecule has 1 amide bonds. The highest BCUT2D eigenvalue weighted by Crippen LogP contribution is 2.13. The molecule has 2 rings (SSSR count). The van der Waals surface area contributed by atoms with Gasteiger partial charge in [-0.05, 0) is 60.4 Å².